The molecule has 1 aromatic carbocycles. The second-order valence-corrected chi connectivity index (χ2v) is 9.26. The maximum absolute atomic E-state index is 6.06. The highest BCUT2D eigenvalue weighted by Crippen LogP contribution is 2.30. The number of rotatable bonds is 7. The van der Waals surface area contributed by atoms with Gasteiger partial charge in [-0.05, 0) is 62.7 Å². The van der Waals surface area contributed by atoms with Crippen LogP contribution in [-0.2, 0) is 11.8 Å². The number of aromatic nitrogens is 4. The van der Waals surface area contributed by atoms with Gasteiger partial charge in [0.25, 0.3) is 11.1 Å². The molecule has 6 nitrogen and oxygen atoms in total. The Balaban J connectivity index is 1.74. The molecule has 2 heterocycles. The van der Waals surface area contributed by atoms with Crippen molar-refractivity contribution in [2.45, 2.75) is 53.4 Å². The zero-order valence-corrected chi connectivity index (χ0v) is 19.3. The second-order valence-electron chi connectivity index (χ2n) is 8.55. The van der Waals surface area contributed by atoms with Crippen molar-refractivity contribution in [2.75, 3.05) is 20.1 Å². The first kappa shape index (κ1) is 21.5. The smallest absolute Gasteiger partial charge is 0.300 e. The molecule has 0 saturated carbocycles. The Morgan fingerprint density at radius 3 is 2.59 bits per heavy atom. The molecule has 0 spiro atoms. The molecule has 0 aliphatic carbocycles. The summed E-state index contributed by atoms with van der Waals surface area (Å²) in [6, 6.07) is 6.33. The molecule has 29 heavy (non-hydrogen) atoms. The lowest BCUT2D eigenvalue weighted by Gasteiger charge is -2.16. The van der Waals surface area contributed by atoms with Crippen LogP contribution in [0, 0.1) is 13.8 Å². The molecule has 2 aromatic heterocycles. The van der Waals surface area contributed by atoms with Crippen molar-refractivity contribution in [1.29, 1.82) is 0 Å². The van der Waals surface area contributed by atoms with Gasteiger partial charge in [-0.2, -0.15) is 10.1 Å². The van der Waals surface area contributed by atoms with Crippen LogP contribution in [0.4, 0.5) is 0 Å². The third-order valence-corrected chi connectivity index (χ3v) is 5.68. The van der Waals surface area contributed by atoms with Crippen LogP contribution in [-0.4, -0.2) is 44.2 Å². The van der Waals surface area contributed by atoms with Crippen LogP contribution >= 0.6 is 11.5 Å². The number of likely N-dealkylation sites (N-methyl/N-ethyl adjacent to an activating group) is 1. The van der Waals surface area contributed by atoms with Gasteiger partial charge in [-0.3, -0.25) is 0 Å². The number of hydrogen-bond donors (Lipinski definition) is 0. The lowest BCUT2D eigenvalue weighted by molar-refractivity contribution is 0.357. The molecule has 3 rings (SSSR count). The van der Waals surface area contributed by atoms with Gasteiger partial charge in [0.1, 0.15) is 5.75 Å². The summed E-state index contributed by atoms with van der Waals surface area (Å²) in [5.74, 6) is 1.36. The van der Waals surface area contributed by atoms with Crippen LogP contribution in [0.15, 0.2) is 24.4 Å². The van der Waals surface area contributed by atoms with Crippen LogP contribution in [0.2, 0.25) is 0 Å². The molecule has 0 aliphatic rings. The first-order valence-corrected chi connectivity index (χ1v) is 10.8. The number of nitrogens with zero attached hydrogens (tertiary/aromatic N) is 5. The normalized spacial score (nSPS) is 12.0. The molecule has 0 fully saturated rings. The zero-order valence-electron chi connectivity index (χ0n) is 18.5. The van der Waals surface area contributed by atoms with Gasteiger partial charge in [0.05, 0.1) is 5.69 Å². The molecule has 7 heteroatoms. The van der Waals surface area contributed by atoms with Gasteiger partial charge >= 0.3 is 0 Å². The van der Waals surface area contributed by atoms with Gasteiger partial charge in [0.15, 0.2) is 0 Å². The maximum atomic E-state index is 6.06. The molecule has 156 valence electrons. The van der Waals surface area contributed by atoms with Crippen molar-refractivity contribution in [2.24, 2.45) is 0 Å². The highest BCUT2D eigenvalue weighted by molar-refractivity contribution is 7.07. The molecule has 0 radical (unpaired) electrons. The largest absolute Gasteiger partial charge is 0.430 e. The van der Waals surface area contributed by atoms with E-state index in [2.05, 4.69) is 80.1 Å². The molecule has 0 aliphatic heterocycles. The summed E-state index contributed by atoms with van der Waals surface area (Å²) in [5.41, 5.74) is 4.70. The quantitative estimate of drug-likeness (QED) is 0.550. The van der Waals surface area contributed by atoms with E-state index < -0.39 is 0 Å². The van der Waals surface area contributed by atoms with Crippen molar-refractivity contribution in [3.8, 4) is 16.9 Å². The molecular formula is C22H31N5OS. The molecule has 0 saturated heterocycles. The van der Waals surface area contributed by atoms with Gasteiger partial charge in [-0.25, -0.2) is 4.68 Å². The number of hydrogen-bond acceptors (Lipinski definition) is 6. The van der Waals surface area contributed by atoms with E-state index in [1.807, 2.05) is 12.3 Å². The van der Waals surface area contributed by atoms with E-state index in [0.29, 0.717) is 11.1 Å². The Kier molecular flexibility index (Phi) is 6.39. The van der Waals surface area contributed by atoms with Crippen LogP contribution in [0.1, 0.15) is 50.1 Å². The number of ether oxygens (including phenoxy) is 1. The molecular weight excluding hydrogens is 382 g/mol. The van der Waals surface area contributed by atoms with E-state index >= 15 is 0 Å². The fourth-order valence-corrected chi connectivity index (χ4v) is 3.50. The highest BCUT2D eigenvalue weighted by Gasteiger charge is 2.18. The second kappa shape index (κ2) is 8.63. The van der Waals surface area contributed by atoms with Crippen LogP contribution < -0.4 is 4.74 Å². The summed E-state index contributed by atoms with van der Waals surface area (Å²) in [4.78, 5) is 6.84. The Morgan fingerprint density at radius 1 is 1.17 bits per heavy atom. The molecule has 0 atom stereocenters. The molecule has 3 aromatic rings. The fourth-order valence-electron chi connectivity index (χ4n) is 2.96. The summed E-state index contributed by atoms with van der Waals surface area (Å²) < 4.78 is 12.2. The highest BCUT2D eigenvalue weighted by atomic mass is 32.1. The van der Waals surface area contributed by atoms with Crippen molar-refractivity contribution >= 4 is 11.5 Å². The standard InChI is InChI=1S/C22H31N5OS/c1-8-26(7)11-9-17-13-16(3)18(14-15(17)2)28-21-23-20(25-29-21)27-12-10-19(24-27)22(4,5)6/h10,12-14H,8-9,11H2,1-7H3. The Bertz CT molecular complexity index is 970. The van der Waals surface area contributed by atoms with Crippen LogP contribution in [0.5, 0.6) is 10.9 Å². The summed E-state index contributed by atoms with van der Waals surface area (Å²) in [5, 5.41) is 5.12. The monoisotopic (exact) mass is 413 g/mol. The number of aryl methyl sites for hydroxylation is 2. The summed E-state index contributed by atoms with van der Waals surface area (Å²) in [6.45, 7) is 14.9. The lowest BCUT2D eigenvalue weighted by atomic mass is 9.93. The van der Waals surface area contributed by atoms with Gasteiger partial charge in [-0.1, -0.05) is 33.8 Å². The minimum Gasteiger partial charge on any atom is -0.430 e. The summed E-state index contributed by atoms with van der Waals surface area (Å²) in [6.07, 6.45) is 2.93. The number of benzene rings is 1. The van der Waals surface area contributed by atoms with Crippen molar-refractivity contribution < 1.29 is 4.74 Å². The Hall–Kier alpha value is -2.25. The first-order chi connectivity index (χ1) is 13.7. The van der Waals surface area contributed by atoms with E-state index in [4.69, 9.17) is 4.74 Å². The minimum absolute atomic E-state index is 0.0110. The SMILES string of the molecule is CCN(C)CCc1cc(C)c(Oc2nc(-n3ccc(C(C)(C)C)n3)ns2)cc1C. The maximum Gasteiger partial charge on any atom is 0.300 e. The molecule has 0 bridgehead atoms. The van der Waals surface area contributed by atoms with Crippen LogP contribution in [0.3, 0.4) is 0 Å². The average molecular weight is 414 g/mol. The molecule has 0 unspecified atom stereocenters. The van der Waals surface area contributed by atoms with Crippen molar-refractivity contribution in [1.82, 2.24) is 24.0 Å². The van der Waals surface area contributed by atoms with Gasteiger partial charge in [-0.15, -0.1) is 4.37 Å². The average Bonchev–Trinajstić information content (AvgIpc) is 3.32. The van der Waals surface area contributed by atoms with E-state index in [1.165, 1.54) is 22.7 Å². The minimum atomic E-state index is -0.0110. The summed E-state index contributed by atoms with van der Waals surface area (Å²) >= 11 is 1.24. The van der Waals surface area contributed by atoms with Gasteiger partial charge in [0.2, 0.25) is 0 Å². The van der Waals surface area contributed by atoms with Crippen molar-refractivity contribution in [3.05, 3.63) is 46.8 Å². The van der Waals surface area contributed by atoms with Crippen molar-refractivity contribution in [3.63, 3.8) is 0 Å². The zero-order chi connectivity index (χ0) is 21.2. The van der Waals surface area contributed by atoms with E-state index in [9.17, 15) is 0 Å². The lowest BCUT2D eigenvalue weighted by Crippen LogP contribution is -2.20. The van der Waals surface area contributed by atoms with E-state index in [0.717, 1.165) is 36.5 Å². The first-order valence-electron chi connectivity index (χ1n) is 10.0. The predicted octanol–water partition coefficient (Wildman–Crippen LogP) is 4.92. The third kappa shape index (κ3) is 5.22. The van der Waals surface area contributed by atoms with Gasteiger partial charge in [0, 0.05) is 29.7 Å². The van der Waals surface area contributed by atoms with Crippen LogP contribution in [0.25, 0.3) is 5.95 Å². The topological polar surface area (TPSA) is 56.1 Å². The fraction of sp³-hybridized carbons (Fsp3) is 0.500. The third-order valence-electron chi connectivity index (χ3n) is 5.09. The molecule has 0 amide bonds. The predicted molar refractivity (Wildman–Crippen MR) is 119 cm³/mol. The van der Waals surface area contributed by atoms with Gasteiger partial charge < -0.3 is 9.64 Å². The Morgan fingerprint density at radius 2 is 1.93 bits per heavy atom. The van der Waals surface area contributed by atoms with E-state index in [1.54, 1.807) is 4.68 Å². The molecule has 0 N–H and O–H groups in total. The Labute approximate surface area is 177 Å². The summed E-state index contributed by atoms with van der Waals surface area (Å²) in [7, 11) is 2.15. The van der Waals surface area contributed by atoms with E-state index in [-0.39, 0.29) is 5.41 Å².